The molecule has 6 heavy (non-hydrogen) atoms. The van der Waals surface area contributed by atoms with E-state index in [4.69, 9.17) is 10.2 Å². The molecule has 0 saturated carbocycles. The van der Waals surface area contributed by atoms with Gasteiger partial charge in [0.25, 0.3) is 0 Å². The monoisotopic (exact) mass is 165 g/mol. The Bertz CT molecular complexity index is 30.0. The van der Waals surface area contributed by atoms with Crippen LogP contribution in [-0.4, -0.2) is 20.6 Å². The van der Waals surface area contributed by atoms with Gasteiger partial charge < -0.3 is 0 Å². The van der Waals surface area contributed by atoms with Crippen LogP contribution in [-0.2, 0) is 24.7 Å². The molecule has 0 aromatic rings. The van der Waals surface area contributed by atoms with Crippen molar-refractivity contribution in [1.29, 1.82) is 0 Å². The van der Waals surface area contributed by atoms with Gasteiger partial charge in [-0.05, 0) is 0 Å². The summed E-state index contributed by atoms with van der Waals surface area (Å²) in [7, 11) is 0. The van der Waals surface area contributed by atoms with Crippen LogP contribution >= 0.6 is 0 Å². The Hall–Kier alpha value is 0.803. The standard InChI is InChI=1S/C3H7O2.Zr/c4-2-1-3-5;/h2,4-5H,1,3H2;. The second-order valence-electron chi connectivity index (χ2n) is 1.03. The first-order valence-corrected chi connectivity index (χ1v) is 3.19. The molecule has 0 fully saturated rings. The van der Waals surface area contributed by atoms with Gasteiger partial charge in [0.2, 0.25) is 0 Å². The van der Waals surface area contributed by atoms with E-state index < -0.39 is 0 Å². The predicted molar refractivity (Wildman–Crippen MR) is 17.7 cm³/mol. The van der Waals surface area contributed by atoms with Crippen molar-refractivity contribution in [3.05, 3.63) is 0 Å². The summed E-state index contributed by atoms with van der Waals surface area (Å²) in [5, 5.41) is 16.5. The Morgan fingerprint density at radius 3 is 2.17 bits per heavy atom. The van der Waals surface area contributed by atoms with Crippen LogP contribution in [0.4, 0.5) is 0 Å². The van der Waals surface area contributed by atoms with Crippen molar-refractivity contribution in [1.82, 2.24) is 0 Å². The third-order valence-corrected chi connectivity index (χ3v) is 1.11. The second-order valence-corrected chi connectivity index (χ2v) is 2.67. The predicted octanol–water partition coefficient (Wildman–Crippen LogP) is -0.766. The Labute approximate surface area is 52.0 Å². The van der Waals surface area contributed by atoms with Crippen LogP contribution in [0.3, 0.4) is 0 Å². The van der Waals surface area contributed by atoms with E-state index in [0.717, 1.165) is 24.7 Å². The normalized spacial score (nSPS) is 14.2. The average molecular weight is 166 g/mol. The average Bonchev–Trinajstić information content (AvgIpc) is 1.35. The molecule has 1 atom stereocenters. The molecule has 0 radical (unpaired) electrons. The van der Waals surface area contributed by atoms with Crippen molar-refractivity contribution in [2.45, 2.75) is 10.2 Å². The Morgan fingerprint density at radius 2 is 2.17 bits per heavy atom. The van der Waals surface area contributed by atoms with E-state index >= 15 is 0 Å². The molecule has 0 aromatic carbocycles. The molecule has 0 bridgehead atoms. The molecule has 2 nitrogen and oxygen atoms in total. The second kappa shape index (κ2) is 3.98. The number of hydrogen-bond donors (Lipinski definition) is 2. The van der Waals surface area contributed by atoms with Crippen LogP contribution < -0.4 is 0 Å². The van der Waals surface area contributed by atoms with Gasteiger partial charge in [0.05, 0.1) is 0 Å². The first kappa shape index (κ1) is 6.80. The zero-order chi connectivity index (χ0) is 4.99. The van der Waals surface area contributed by atoms with Gasteiger partial charge >= 0.3 is 51.8 Å². The van der Waals surface area contributed by atoms with Crippen molar-refractivity contribution in [3.63, 3.8) is 0 Å². The third kappa shape index (κ3) is 4.80. The van der Waals surface area contributed by atoms with E-state index in [9.17, 15) is 0 Å². The number of hydrogen-bond acceptors (Lipinski definition) is 2. The molecule has 0 aliphatic heterocycles. The van der Waals surface area contributed by atoms with Gasteiger partial charge in [0.15, 0.2) is 0 Å². The molecule has 0 heterocycles. The first-order chi connectivity index (χ1) is 2.77. The van der Waals surface area contributed by atoms with Crippen LogP contribution in [0.15, 0.2) is 0 Å². The summed E-state index contributed by atoms with van der Waals surface area (Å²) in [4.78, 5) is 0. The third-order valence-electron chi connectivity index (χ3n) is 0.403. The summed E-state index contributed by atoms with van der Waals surface area (Å²) in [6.07, 6.45) is 0.526. The van der Waals surface area contributed by atoms with Crippen molar-refractivity contribution < 1.29 is 34.9 Å². The van der Waals surface area contributed by atoms with Gasteiger partial charge in [-0.15, -0.1) is 0 Å². The zero-order valence-corrected chi connectivity index (χ0v) is 5.84. The molecule has 35 valence electrons. The molecule has 0 aliphatic carbocycles. The van der Waals surface area contributed by atoms with Crippen molar-refractivity contribution in [2.24, 2.45) is 0 Å². The van der Waals surface area contributed by atoms with Crippen molar-refractivity contribution in [3.8, 4) is 0 Å². The van der Waals surface area contributed by atoms with Gasteiger partial charge in [-0.1, -0.05) is 0 Å². The van der Waals surface area contributed by atoms with E-state index in [2.05, 4.69) is 0 Å². The quantitative estimate of drug-likeness (QED) is 0.566. The molecule has 0 saturated heterocycles. The molecule has 0 aliphatic rings. The fourth-order valence-electron chi connectivity index (χ4n) is 0.122. The van der Waals surface area contributed by atoms with Gasteiger partial charge in [0.1, 0.15) is 0 Å². The zero-order valence-electron chi connectivity index (χ0n) is 3.39. The molecule has 0 aromatic heterocycles. The molecule has 0 spiro atoms. The first-order valence-electron chi connectivity index (χ1n) is 1.77. The Kier molecular flexibility index (Phi) is 4.51. The summed E-state index contributed by atoms with van der Waals surface area (Å²) in [6.45, 7) is 0.104. The van der Waals surface area contributed by atoms with E-state index in [1.807, 2.05) is 0 Å². The fraction of sp³-hybridized carbons (Fsp3) is 1.00. The summed E-state index contributed by atoms with van der Waals surface area (Å²) >= 11 is 1.08. The van der Waals surface area contributed by atoms with Gasteiger partial charge in [-0.2, -0.15) is 0 Å². The summed E-state index contributed by atoms with van der Waals surface area (Å²) in [6, 6.07) is 0. The van der Waals surface area contributed by atoms with Crippen LogP contribution in [0.5, 0.6) is 0 Å². The molecule has 0 amide bonds. The van der Waals surface area contributed by atoms with E-state index in [0.29, 0.717) is 6.42 Å². The Balaban J connectivity index is 2.63. The molecule has 0 rings (SSSR count). The van der Waals surface area contributed by atoms with Crippen LogP contribution in [0.2, 0.25) is 0 Å². The number of aliphatic hydroxyl groups excluding tert-OH is 2. The Morgan fingerprint density at radius 1 is 1.67 bits per heavy atom. The van der Waals surface area contributed by atoms with Gasteiger partial charge in [-0.3, -0.25) is 0 Å². The van der Waals surface area contributed by atoms with Crippen LogP contribution in [0.1, 0.15) is 6.42 Å². The summed E-state index contributed by atoms with van der Waals surface area (Å²) in [5.41, 5.74) is 0. The van der Waals surface area contributed by atoms with Crippen molar-refractivity contribution >= 4 is 0 Å². The maximum atomic E-state index is 8.43. The maximum absolute atomic E-state index is 8.43. The minimum atomic E-state index is -0.262. The molecule has 1 unspecified atom stereocenters. The van der Waals surface area contributed by atoms with E-state index in [1.165, 1.54) is 0 Å². The van der Waals surface area contributed by atoms with Crippen molar-refractivity contribution in [2.75, 3.05) is 6.61 Å². The summed E-state index contributed by atoms with van der Waals surface area (Å²) < 4.78 is -0.262. The van der Waals surface area contributed by atoms with E-state index in [1.54, 1.807) is 0 Å². The molecule has 2 N–H and O–H groups in total. The SMILES string of the molecule is OCC[CH](O)[Zr]. The van der Waals surface area contributed by atoms with E-state index in [-0.39, 0.29) is 10.4 Å². The van der Waals surface area contributed by atoms with Gasteiger partial charge in [-0.25, -0.2) is 0 Å². The molecular weight excluding hydrogens is 159 g/mol. The topological polar surface area (TPSA) is 40.5 Å². The summed E-state index contributed by atoms with van der Waals surface area (Å²) in [5.74, 6) is 0. The fourth-order valence-corrected chi connectivity index (χ4v) is 0.440. The van der Waals surface area contributed by atoms with Gasteiger partial charge in [0, 0.05) is 0 Å². The van der Waals surface area contributed by atoms with Crippen LogP contribution in [0.25, 0.3) is 0 Å². The molecule has 3 heteroatoms. The number of rotatable bonds is 2. The molecular formula is C3H7O2Zr. The minimum absolute atomic E-state index is 0.104. The number of aliphatic hydroxyl groups is 2. The van der Waals surface area contributed by atoms with Crippen LogP contribution in [0, 0.1) is 0 Å².